The first-order valence-corrected chi connectivity index (χ1v) is 12.7. The van der Waals surface area contributed by atoms with Gasteiger partial charge in [0.2, 0.25) is 15.7 Å². The average Bonchev–Trinajstić information content (AvgIpc) is 2.86. The van der Waals surface area contributed by atoms with Crippen LogP contribution in [0.2, 0.25) is 5.02 Å². The van der Waals surface area contributed by atoms with Gasteiger partial charge < -0.3 is 14.4 Å². The Morgan fingerprint density at radius 1 is 1.00 bits per heavy atom. The van der Waals surface area contributed by atoms with E-state index in [1.54, 1.807) is 18.2 Å². The van der Waals surface area contributed by atoms with Crippen molar-refractivity contribution in [1.82, 2.24) is 9.88 Å². The Bertz CT molecular complexity index is 1360. The van der Waals surface area contributed by atoms with E-state index in [1.807, 2.05) is 0 Å². The van der Waals surface area contributed by atoms with Gasteiger partial charge in [-0.25, -0.2) is 18.2 Å². The third kappa shape index (κ3) is 5.73. The highest BCUT2D eigenvalue weighted by atomic mass is 35.5. The Hall–Kier alpha value is -3.31. The van der Waals surface area contributed by atoms with Crippen molar-refractivity contribution < 1.29 is 35.9 Å². The molecule has 0 N–H and O–H groups in total. The van der Waals surface area contributed by atoms with Crippen molar-refractivity contribution >= 4 is 27.5 Å². The molecule has 2 heterocycles. The summed E-state index contributed by atoms with van der Waals surface area (Å²) >= 11 is 5.92. The summed E-state index contributed by atoms with van der Waals surface area (Å²) in [5.41, 5.74) is -1.06. The molecule has 1 saturated heterocycles. The number of ether oxygens (including phenoxy) is 2. The Kier molecular flexibility index (Phi) is 7.41. The standard InChI is InChI=1S/C24H20ClF3N2O5S/c25-19-13-16(24(26,27)28)15-29-22(19)34-17-9-10-20(35-23(31)30-11-5-2-6-12-30)21(14-17)36(32,33)18-7-3-1-4-8-18/h1,3-4,7-10,13-15H,2,5-6,11-12H2. The molecule has 0 spiro atoms. The summed E-state index contributed by atoms with van der Waals surface area (Å²) in [6.45, 7) is 0.998. The number of alkyl halides is 3. The number of hydrogen-bond acceptors (Lipinski definition) is 6. The molecule has 0 unspecified atom stereocenters. The van der Waals surface area contributed by atoms with Crippen LogP contribution < -0.4 is 9.47 Å². The number of hydrogen-bond donors (Lipinski definition) is 0. The molecule has 0 bridgehead atoms. The van der Waals surface area contributed by atoms with Crippen molar-refractivity contribution in [2.75, 3.05) is 13.1 Å². The fraction of sp³-hybridized carbons (Fsp3) is 0.250. The molecule has 190 valence electrons. The number of carbonyl (C=O) groups is 1. The molecule has 0 aliphatic carbocycles. The second-order valence-electron chi connectivity index (χ2n) is 7.95. The van der Waals surface area contributed by atoms with Gasteiger partial charge in [0.1, 0.15) is 15.7 Å². The van der Waals surface area contributed by atoms with E-state index in [1.165, 1.54) is 29.2 Å². The van der Waals surface area contributed by atoms with E-state index in [0.717, 1.165) is 25.3 Å². The monoisotopic (exact) mass is 540 g/mol. The lowest BCUT2D eigenvalue weighted by atomic mass is 10.1. The summed E-state index contributed by atoms with van der Waals surface area (Å²) in [5.74, 6) is -0.657. The molecule has 12 heteroatoms. The van der Waals surface area contributed by atoms with Crippen molar-refractivity contribution in [3.05, 3.63) is 71.4 Å². The third-order valence-corrected chi connectivity index (χ3v) is 7.48. The lowest BCUT2D eigenvalue weighted by Gasteiger charge is -2.26. The summed E-state index contributed by atoms with van der Waals surface area (Å²) in [7, 11) is -4.17. The van der Waals surface area contributed by atoms with Crippen LogP contribution in [-0.4, -0.2) is 37.5 Å². The zero-order valence-corrected chi connectivity index (χ0v) is 20.2. The van der Waals surface area contributed by atoms with E-state index in [2.05, 4.69) is 4.98 Å². The summed E-state index contributed by atoms with van der Waals surface area (Å²) in [4.78, 5) is 17.4. The van der Waals surface area contributed by atoms with Crippen LogP contribution in [0.4, 0.5) is 18.0 Å². The first kappa shape index (κ1) is 25.8. The minimum Gasteiger partial charge on any atom is -0.437 e. The fourth-order valence-electron chi connectivity index (χ4n) is 3.58. The highest BCUT2D eigenvalue weighted by molar-refractivity contribution is 7.91. The number of piperidine rings is 1. The number of aromatic nitrogens is 1. The van der Waals surface area contributed by atoms with Gasteiger partial charge in [0.25, 0.3) is 0 Å². The first-order valence-electron chi connectivity index (χ1n) is 10.9. The highest BCUT2D eigenvalue weighted by Gasteiger charge is 2.32. The molecule has 0 radical (unpaired) electrons. The highest BCUT2D eigenvalue weighted by Crippen LogP contribution is 2.37. The lowest BCUT2D eigenvalue weighted by Crippen LogP contribution is -2.37. The first-order chi connectivity index (χ1) is 17.1. The minimum absolute atomic E-state index is 0.0527. The second kappa shape index (κ2) is 10.4. The Balaban J connectivity index is 1.70. The molecule has 4 rings (SSSR count). The zero-order valence-electron chi connectivity index (χ0n) is 18.7. The van der Waals surface area contributed by atoms with Crippen LogP contribution in [0.5, 0.6) is 17.4 Å². The van der Waals surface area contributed by atoms with Crippen LogP contribution in [0, 0.1) is 0 Å². The van der Waals surface area contributed by atoms with Crippen LogP contribution >= 0.6 is 11.6 Å². The van der Waals surface area contributed by atoms with E-state index in [9.17, 15) is 26.4 Å². The second-order valence-corrected chi connectivity index (χ2v) is 10.3. The van der Waals surface area contributed by atoms with E-state index < -0.39 is 32.7 Å². The quantitative estimate of drug-likeness (QED) is 0.374. The van der Waals surface area contributed by atoms with Crippen LogP contribution in [0.25, 0.3) is 0 Å². The maximum atomic E-state index is 13.4. The molecule has 1 aliphatic rings. The third-order valence-electron chi connectivity index (χ3n) is 5.42. The normalized spacial score (nSPS) is 14.4. The van der Waals surface area contributed by atoms with Gasteiger partial charge in [0.15, 0.2) is 5.75 Å². The van der Waals surface area contributed by atoms with Crippen molar-refractivity contribution in [2.24, 2.45) is 0 Å². The van der Waals surface area contributed by atoms with E-state index >= 15 is 0 Å². The molecule has 0 saturated carbocycles. The molecule has 2 aromatic carbocycles. The van der Waals surface area contributed by atoms with Gasteiger partial charge in [-0.05, 0) is 49.6 Å². The van der Waals surface area contributed by atoms with Gasteiger partial charge in [-0.1, -0.05) is 29.8 Å². The van der Waals surface area contributed by atoms with Gasteiger partial charge >= 0.3 is 12.3 Å². The Morgan fingerprint density at radius 2 is 1.69 bits per heavy atom. The predicted molar refractivity (Wildman–Crippen MR) is 124 cm³/mol. The number of carbonyl (C=O) groups excluding carboxylic acids is 1. The zero-order chi connectivity index (χ0) is 25.9. The smallest absolute Gasteiger partial charge is 0.417 e. The van der Waals surface area contributed by atoms with Crippen LogP contribution in [0.3, 0.4) is 0 Å². The van der Waals surface area contributed by atoms with Crippen molar-refractivity contribution in [3.63, 3.8) is 0 Å². The number of rotatable bonds is 5. The van der Waals surface area contributed by atoms with Crippen molar-refractivity contribution in [2.45, 2.75) is 35.2 Å². The molecule has 1 amide bonds. The van der Waals surface area contributed by atoms with Gasteiger partial charge in [0, 0.05) is 25.4 Å². The number of halogens is 4. The van der Waals surface area contributed by atoms with Crippen LogP contribution in [0.15, 0.2) is 70.6 Å². The minimum atomic E-state index is -4.65. The number of sulfone groups is 1. The summed E-state index contributed by atoms with van der Waals surface area (Å²) in [6.07, 6.45) is -2.15. The maximum absolute atomic E-state index is 13.4. The number of benzene rings is 2. The van der Waals surface area contributed by atoms with Gasteiger partial charge in [0.05, 0.1) is 10.5 Å². The molecule has 1 aromatic heterocycles. The van der Waals surface area contributed by atoms with E-state index in [0.29, 0.717) is 25.4 Å². The van der Waals surface area contributed by atoms with Gasteiger partial charge in [-0.2, -0.15) is 13.2 Å². The van der Waals surface area contributed by atoms with Crippen LogP contribution in [-0.2, 0) is 16.0 Å². The van der Waals surface area contributed by atoms with Gasteiger partial charge in [-0.15, -0.1) is 0 Å². The Labute approximate surface area is 210 Å². The average molecular weight is 541 g/mol. The van der Waals surface area contributed by atoms with E-state index in [-0.39, 0.29) is 27.2 Å². The molecular formula is C24H20ClF3N2O5S. The number of pyridine rings is 1. The topological polar surface area (TPSA) is 85.8 Å². The molecule has 36 heavy (non-hydrogen) atoms. The molecule has 0 atom stereocenters. The molecule has 1 fully saturated rings. The summed E-state index contributed by atoms with van der Waals surface area (Å²) in [5, 5.41) is -0.419. The van der Waals surface area contributed by atoms with Crippen molar-refractivity contribution in [3.8, 4) is 17.4 Å². The predicted octanol–water partition coefficient (Wildman–Crippen LogP) is 6.36. The van der Waals surface area contributed by atoms with Crippen molar-refractivity contribution in [1.29, 1.82) is 0 Å². The fourth-order valence-corrected chi connectivity index (χ4v) is 5.20. The lowest BCUT2D eigenvalue weighted by molar-refractivity contribution is -0.137. The number of likely N-dealkylation sites (tertiary alicyclic amines) is 1. The largest absolute Gasteiger partial charge is 0.437 e. The van der Waals surface area contributed by atoms with Crippen LogP contribution in [0.1, 0.15) is 24.8 Å². The molecule has 7 nitrogen and oxygen atoms in total. The molecular weight excluding hydrogens is 521 g/mol. The Morgan fingerprint density at radius 3 is 2.33 bits per heavy atom. The molecule has 3 aromatic rings. The maximum Gasteiger partial charge on any atom is 0.417 e. The SMILES string of the molecule is O=C(Oc1ccc(Oc2ncc(C(F)(F)F)cc2Cl)cc1S(=O)(=O)c1ccccc1)N1CCCCC1. The van der Waals surface area contributed by atoms with Gasteiger partial charge in [-0.3, -0.25) is 0 Å². The van der Waals surface area contributed by atoms with E-state index in [4.69, 9.17) is 21.1 Å². The molecule has 1 aliphatic heterocycles. The summed E-state index contributed by atoms with van der Waals surface area (Å²) < 4.78 is 76.5. The number of nitrogens with zero attached hydrogens (tertiary/aromatic N) is 2. The number of amides is 1. The summed E-state index contributed by atoms with van der Waals surface area (Å²) in [6, 6.07) is 11.8.